The Morgan fingerprint density at radius 3 is 2.72 bits per heavy atom. The van der Waals surface area contributed by atoms with E-state index >= 15 is 0 Å². The minimum atomic E-state index is -1.10. The van der Waals surface area contributed by atoms with E-state index in [9.17, 15) is 18.4 Å². The fourth-order valence-corrected chi connectivity index (χ4v) is 3.80. The van der Waals surface area contributed by atoms with E-state index in [-0.39, 0.29) is 12.1 Å². The first kappa shape index (κ1) is 15.7. The number of halogens is 2. The molecular weight excluding hydrogens is 326 g/mol. The molecule has 1 saturated heterocycles. The van der Waals surface area contributed by atoms with Gasteiger partial charge in [0.25, 0.3) is 5.91 Å². The van der Waals surface area contributed by atoms with Gasteiger partial charge in [0, 0.05) is 5.56 Å². The van der Waals surface area contributed by atoms with Gasteiger partial charge in [0.1, 0.15) is 5.54 Å². The molecule has 2 aromatic carbocycles. The molecule has 1 fully saturated rings. The summed E-state index contributed by atoms with van der Waals surface area (Å²) in [6.45, 7) is -0.293. The second kappa shape index (κ2) is 5.65. The molecule has 0 saturated carbocycles. The Bertz CT molecular complexity index is 883. The Labute approximate surface area is 143 Å². The smallest absolute Gasteiger partial charge is 0.319 e. The Morgan fingerprint density at radius 2 is 1.88 bits per heavy atom. The van der Waals surface area contributed by atoms with Crippen LogP contribution in [0.3, 0.4) is 0 Å². The lowest BCUT2D eigenvalue weighted by atomic mass is 9.76. The summed E-state index contributed by atoms with van der Waals surface area (Å²) in [6.07, 6.45) is 2.11. The number of fused-ring (bicyclic) bond motifs is 2. The van der Waals surface area contributed by atoms with Crippen LogP contribution >= 0.6 is 0 Å². The Morgan fingerprint density at radius 1 is 1.08 bits per heavy atom. The number of amides is 3. The summed E-state index contributed by atoms with van der Waals surface area (Å²) in [7, 11) is 0. The number of carbonyl (C=O) groups is 2. The third kappa shape index (κ3) is 2.32. The second-order valence-electron chi connectivity index (χ2n) is 6.45. The van der Waals surface area contributed by atoms with Gasteiger partial charge in [-0.2, -0.15) is 0 Å². The summed E-state index contributed by atoms with van der Waals surface area (Å²) in [6, 6.07) is 10.7. The van der Waals surface area contributed by atoms with E-state index in [0.717, 1.165) is 34.9 Å². The minimum absolute atomic E-state index is 0.0235. The monoisotopic (exact) mass is 342 g/mol. The topological polar surface area (TPSA) is 49.4 Å². The lowest BCUT2D eigenvalue weighted by Crippen LogP contribution is -2.46. The van der Waals surface area contributed by atoms with Gasteiger partial charge < -0.3 is 5.32 Å². The number of nitrogens with zero attached hydrogens (tertiary/aromatic N) is 1. The van der Waals surface area contributed by atoms with Crippen LogP contribution in [0.5, 0.6) is 0 Å². The summed E-state index contributed by atoms with van der Waals surface area (Å²) in [5.74, 6) is -2.44. The zero-order valence-electron chi connectivity index (χ0n) is 13.4. The van der Waals surface area contributed by atoms with Crippen LogP contribution in [0, 0.1) is 11.6 Å². The molecule has 2 aliphatic rings. The number of aryl methyl sites for hydroxylation is 1. The maximum absolute atomic E-state index is 13.9. The lowest BCUT2D eigenvalue weighted by Gasteiger charge is -2.33. The normalized spacial score (nSPS) is 22.2. The summed E-state index contributed by atoms with van der Waals surface area (Å²) >= 11 is 0. The standard InChI is InChI=1S/C19H16F2N2O2/c20-15-9-3-6-13(16(15)21)11-23-17(24)19(22-18(23)25)10-4-7-12-5-1-2-8-14(12)19/h1-3,5-6,8-9H,4,7,10-11H2,(H,22,25)/t19-/m1/s1. The third-order valence-electron chi connectivity index (χ3n) is 5.01. The van der Waals surface area contributed by atoms with Crippen LogP contribution in [0.2, 0.25) is 0 Å². The lowest BCUT2D eigenvalue weighted by molar-refractivity contribution is -0.132. The van der Waals surface area contributed by atoms with Gasteiger partial charge in [-0.15, -0.1) is 0 Å². The molecule has 1 heterocycles. The van der Waals surface area contributed by atoms with Crippen molar-refractivity contribution in [2.45, 2.75) is 31.3 Å². The molecular formula is C19H16F2N2O2. The molecule has 1 aliphatic heterocycles. The van der Waals surface area contributed by atoms with Crippen LogP contribution in [0.1, 0.15) is 29.5 Å². The Balaban J connectivity index is 1.71. The molecule has 1 atom stereocenters. The minimum Gasteiger partial charge on any atom is -0.319 e. The molecule has 128 valence electrons. The van der Waals surface area contributed by atoms with Crippen molar-refractivity contribution < 1.29 is 18.4 Å². The number of nitrogens with one attached hydrogen (secondary N) is 1. The highest BCUT2D eigenvalue weighted by molar-refractivity contribution is 6.07. The summed E-state index contributed by atoms with van der Waals surface area (Å²) in [5.41, 5.74) is 0.697. The highest BCUT2D eigenvalue weighted by Crippen LogP contribution is 2.40. The first-order valence-electron chi connectivity index (χ1n) is 8.18. The molecule has 2 aromatic rings. The van der Waals surface area contributed by atoms with Crippen molar-refractivity contribution in [3.05, 3.63) is 70.8 Å². The molecule has 1 N–H and O–H groups in total. The van der Waals surface area contributed by atoms with Gasteiger partial charge in [0.15, 0.2) is 11.6 Å². The molecule has 25 heavy (non-hydrogen) atoms. The molecule has 4 nitrogen and oxygen atoms in total. The van der Waals surface area contributed by atoms with Crippen molar-refractivity contribution in [3.8, 4) is 0 Å². The van der Waals surface area contributed by atoms with Gasteiger partial charge in [0.05, 0.1) is 6.54 Å². The number of rotatable bonds is 2. The molecule has 1 aliphatic carbocycles. The first-order valence-corrected chi connectivity index (χ1v) is 8.18. The maximum Gasteiger partial charge on any atom is 0.325 e. The average molecular weight is 342 g/mol. The highest BCUT2D eigenvalue weighted by Gasteiger charge is 2.53. The van der Waals surface area contributed by atoms with E-state index in [1.807, 2.05) is 24.3 Å². The van der Waals surface area contributed by atoms with Crippen LogP contribution in [0.15, 0.2) is 42.5 Å². The van der Waals surface area contributed by atoms with Crippen LogP contribution in [0.25, 0.3) is 0 Å². The molecule has 4 rings (SSSR count). The number of imide groups is 1. The molecule has 0 bridgehead atoms. The van der Waals surface area contributed by atoms with Crippen LogP contribution < -0.4 is 5.32 Å². The fraction of sp³-hybridized carbons (Fsp3) is 0.263. The van der Waals surface area contributed by atoms with Gasteiger partial charge in [-0.1, -0.05) is 36.4 Å². The molecule has 0 unspecified atom stereocenters. The van der Waals surface area contributed by atoms with Crippen molar-refractivity contribution >= 4 is 11.9 Å². The van der Waals surface area contributed by atoms with E-state index in [1.54, 1.807) is 0 Å². The SMILES string of the molecule is O=C1N[C@@]2(CCCc3ccccc32)C(=O)N1Cc1cccc(F)c1F. The van der Waals surface area contributed by atoms with Crippen molar-refractivity contribution in [1.29, 1.82) is 0 Å². The summed E-state index contributed by atoms with van der Waals surface area (Å²) in [5, 5.41) is 2.80. The van der Waals surface area contributed by atoms with E-state index in [0.29, 0.717) is 6.42 Å². The molecule has 6 heteroatoms. The van der Waals surface area contributed by atoms with Gasteiger partial charge >= 0.3 is 6.03 Å². The summed E-state index contributed by atoms with van der Waals surface area (Å²) in [4.78, 5) is 26.5. The van der Waals surface area contributed by atoms with Crippen molar-refractivity contribution in [1.82, 2.24) is 10.2 Å². The van der Waals surface area contributed by atoms with Crippen molar-refractivity contribution in [3.63, 3.8) is 0 Å². The zero-order valence-corrected chi connectivity index (χ0v) is 13.4. The van der Waals surface area contributed by atoms with E-state index in [4.69, 9.17) is 0 Å². The number of benzene rings is 2. The van der Waals surface area contributed by atoms with Gasteiger partial charge in [0.2, 0.25) is 0 Å². The number of hydrogen-bond donors (Lipinski definition) is 1. The largest absolute Gasteiger partial charge is 0.325 e. The Kier molecular flexibility index (Phi) is 3.56. The average Bonchev–Trinajstić information content (AvgIpc) is 2.84. The molecule has 0 aromatic heterocycles. The Hall–Kier alpha value is -2.76. The van der Waals surface area contributed by atoms with Gasteiger partial charge in [-0.25, -0.2) is 13.6 Å². The van der Waals surface area contributed by atoms with Crippen molar-refractivity contribution in [2.24, 2.45) is 0 Å². The van der Waals surface area contributed by atoms with E-state index in [1.165, 1.54) is 12.1 Å². The van der Waals surface area contributed by atoms with E-state index < -0.39 is 29.1 Å². The molecule has 1 spiro atoms. The number of urea groups is 1. The molecule has 3 amide bonds. The van der Waals surface area contributed by atoms with Crippen LogP contribution in [-0.2, 0) is 23.3 Å². The predicted octanol–water partition coefficient (Wildman–Crippen LogP) is 3.25. The summed E-state index contributed by atoms with van der Waals surface area (Å²) < 4.78 is 27.4. The maximum atomic E-state index is 13.9. The fourth-order valence-electron chi connectivity index (χ4n) is 3.80. The number of carbonyl (C=O) groups excluding carboxylic acids is 2. The quantitative estimate of drug-likeness (QED) is 0.852. The van der Waals surface area contributed by atoms with E-state index in [2.05, 4.69) is 5.32 Å². The second-order valence-corrected chi connectivity index (χ2v) is 6.45. The number of hydrogen-bond acceptors (Lipinski definition) is 2. The molecule has 0 radical (unpaired) electrons. The van der Waals surface area contributed by atoms with Crippen molar-refractivity contribution in [2.75, 3.05) is 0 Å². The van der Waals surface area contributed by atoms with Crippen LogP contribution in [-0.4, -0.2) is 16.8 Å². The zero-order chi connectivity index (χ0) is 17.6. The highest BCUT2D eigenvalue weighted by atomic mass is 19.2. The predicted molar refractivity (Wildman–Crippen MR) is 86.5 cm³/mol. The first-order chi connectivity index (χ1) is 12.0. The van der Waals surface area contributed by atoms with Crippen LogP contribution in [0.4, 0.5) is 13.6 Å². The third-order valence-corrected chi connectivity index (χ3v) is 5.01. The van der Waals surface area contributed by atoms with Gasteiger partial charge in [-0.3, -0.25) is 9.69 Å². The van der Waals surface area contributed by atoms with Gasteiger partial charge in [-0.05, 0) is 36.5 Å².